The highest BCUT2D eigenvalue weighted by molar-refractivity contribution is 5.73. The van der Waals surface area contributed by atoms with E-state index in [1.807, 2.05) is 13.8 Å². The fraction of sp³-hybridized carbons (Fsp3) is 0.625. The Kier molecular flexibility index (Phi) is 1.44. The van der Waals surface area contributed by atoms with Crippen molar-refractivity contribution in [2.24, 2.45) is 5.41 Å². The van der Waals surface area contributed by atoms with Gasteiger partial charge in [0.05, 0.1) is 6.42 Å². The first kappa shape index (κ1) is 7.14. The summed E-state index contributed by atoms with van der Waals surface area (Å²) >= 11 is 0. The maximum absolute atomic E-state index is 10.7. The summed E-state index contributed by atoms with van der Waals surface area (Å²) in [5, 5.41) is 0. The zero-order valence-corrected chi connectivity index (χ0v) is 6.18. The van der Waals surface area contributed by atoms with Gasteiger partial charge in [0, 0.05) is 5.41 Å². The summed E-state index contributed by atoms with van der Waals surface area (Å²) in [4.78, 5) is 10.7. The molecule has 1 unspecified atom stereocenters. The molecule has 0 bridgehead atoms. The molecular formula is C8H10O2. The van der Waals surface area contributed by atoms with Crippen LogP contribution in [0, 0.1) is 17.8 Å². The Bertz CT molecular complexity index is 198. The summed E-state index contributed by atoms with van der Waals surface area (Å²) in [6.07, 6.45) is 5.24. The summed E-state index contributed by atoms with van der Waals surface area (Å²) in [6.45, 7) is 3.87. The van der Waals surface area contributed by atoms with Gasteiger partial charge in [-0.15, -0.1) is 6.42 Å². The average Bonchev–Trinajstić information content (AvgIpc) is 2.04. The number of carbonyl (C=O) groups is 1. The van der Waals surface area contributed by atoms with Gasteiger partial charge in [0.25, 0.3) is 0 Å². The van der Waals surface area contributed by atoms with Crippen molar-refractivity contribution in [1.29, 1.82) is 0 Å². The van der Waals surface area contributed by atoms with E-state index in [9.17, 15) is 4.79 Å². The van der Waals surface area contributed by atoms with E-state index in [0.717, 1.165) is 0 Å². The molecule has 10 heavy (non-hydrogen) atoms. The highest BCUT2D eigenvalue weighted by Crippen LogP contribution is 2.33. The molecule has 0 aromatic rings. The molecule has 2 nitrogen and oxygen atoms in total. The van der Waals surface area contributed by atoms with Gasteiger partial charge >= 0.3 is 5.97 Å². The third kappa shape index (κ3) is 0.995. The minimum atomic E-state index is -0.333. The first-order chi connectivity index (χ1) is 4.56. The lowest BCUT2D eigenvalue weighted by Gasteiger charge is -2.17. The standard InChI is InChI=1S/C8H10O2/c1-4-6-8(2,3)5-7(9)10-6/h1,6H,5H2,2-3H3. The maximum atomic E-state index is 10.7. The molecule has 0 radical (unpaired) electrons. The van der Waals surface area contributed by atoms with Crippen LogP contribution in [0.4, 0.5) is 0 Å². The summed E-state index contributed by atoms with van der Waals surface area (Å²) < 4.78 is 4.85. The van der Waals surface area contributed by atoms with Crippen LogP contribution in [0.25, 0.3) is 0 Å². The molecule has 1 aliphatic heterocycles. The van der Waals surface area contributed by atoms with Crippen LogP contribution in [-0.4, -0.2) is 12.1 Å². The molecular weight excluding hydrogens is 128 g/mol. The van der Waals surface area contributed by atoms with Gasteiger partial charge < -0.3 is 4.74 Å². The van der Waals surface area contributed by atoms with Gasteiger partial charge in [-0.1, -0.05) is 19.8 Å². The predicted octanol–water partition coefficient (Wildman–Crippen LogP) is 0.961. The molecule has 54 valence electrons. The predicted molar refractivity (Wildman–Crippen MR) is 37.1 cm³/mol. The lowest BCUT2D eigenvalue weighted by atomic mass is 9.86. The summed E-state index contributed by atoms with van der Waals surface area (Å²) in [5.41, 5.74) is -0.175. The molecule has 0 saturated carbocycles. The van der Waals surface area contributed by atoms with Gasteiger partial charge in [0.15, 0.2) is 6.10 Å². The molecule has 0 N–H and O–H groups in total. The van der Waals surface area contributed by atoms with Crippen LogP contribution in [0.2, 0.25) is 0 Å². The van der Waals surface area contributed by atoms with Crippen LogP contribution in [0.5, 0.6) is 0 Å². The topological polar surface area (TPSA) is 26.3 Å². The van der Waals surface area contributed by atoms with Crippen LogP contribution in [0.3, 0.4) is 0 Å². The van der Waals surface area contributed by atoms with Crippen molar-refractivity contribution in [3.8, 4) is 12.3 Å². The molecule has 0 aliphatic carbocycles. The number of terminal acetylenes is 1. The molecule has 1 saturated heterocycles. The molecule has 1 atom stereocenters. The van der Waals surface area contributed by atoms with E-state index in [4.69, 9.17) is 11.2 Å². The third-order valence-electron chi connectivity index (χ3n) is 1.71. The van der Waals surface area contributed by atoms with Crippen molar-refractivity contribution in [2.45, 2.75) is 26.4 Å². The Morgan fingerprint density at radius 1 is 1.80 bits per heavy atom. The van der Waals surface area contributed by atoms with Crippen molar-refractivity contribution >= 4 is 5.97 Å². The van der Waals surface area contributed by atoms with E-state index in [1.54, 1.807) is 0 Å². The number of carbonyl (C=O) groups excluding carboxylic acids is 1. The van der Waals surface area contributed by atoms with Crippen LogP contribution in [0.1, 0.15) is 20.3 Å². The lowest BCUT2D eigenvalue weighted by Crippen LogP contribution is -2.21. The van der Waals surface area contributed by atoms with E-state index in [1.165, 1.54) is 0 Å². The molecule has 1 heterocycles. The highest BCUT2D eigenvalue weighted by Gasteiger charge is 2.40. The fourth-order valence-electron chi connectivity index (χ4n) is 1.06. The third-order valence-corrected chi connectivity index (χ3v) is 1.71. The Hall–Kier alpha value is -0.970. The number of hydrogen-bond donors (Lipinski definition) is 0. The summed E-state index contributed by atoms with van der Waals surface area (Å²) in [6, 6.07) is 0. The van der Waals surface area contributed by atoms with Crippen LogP contribution < -0.4 is 0 Å². The second kappa shape index (κ2) is 2.02. The Morgan fingerprint density at radius 3 is 2.60 bits per heavy atom. The van der Waals surface area contributed by atoms with Crippen molar-refractivity contribution in [1.82, 2.24) is 0 Å². The van der Waals surface area contributed by atoms with Gasteiger partial charge in [-0.2, -0.15) is 0 Å². The second-order valence-electron chi connectivity index (χ2n) is 3.20. The molecule has 0 spiro atoms. The van der Waals surface area contributed by atoms with Gasteiger partial charge in [0.1, 0.15) is 0 Å². The Morgan fingerprint density at radius 2 is 2.40 bits per heavy atom. The maximum Gasteiger partial charge on any atom is 0.307 e. The van der Waals surface area contributed by atoms with Crippen LogP contribution in [-0.2, 0) is 9.53 Å². The van der Waals surface area contributed by atoms with Crippen LogP contribution >= 0.6 is 0 Å². The zero-order valence-electron chi connectivity index (χ0n) is 6.18. The quantitative estimate of drug-likeness (QED) is 0.368. The van der Waals surface area contributed by atoms with E-state index in [-0.39, 0.29) is 17.5 Å². The van der Waals surface area contributed by atoms with Crippen molar-refractivity contribution in [3.05, 3.63) is 0 Å². The van der Waals surface area contributed by atoms with E-state index in [2.05, 4.69) is 5.92 Å². The zero-order chi connectivity index (χ0) is 7.78. The summed E-state index contributed by atoms with van der Waals surface area (Å²) in [7, 11) is 0. The van der Waals surface area contributed by atoms with Gasteiger partial charge in [0.2, 0.25) is 0 Å². The number of cyclic esters (lactones) is 1. The SMILES string of the molecule is C#CC1OC(=O)CC1(C)C. The van der Waals surface area contributed by atoms with Crippen molar-refractivity contribution in [2.75, 3.05) is 0 Å². The first-order valence-electron chi connectivity index (χ1n) is 3.22. The van der Waals surface area contributed by atoms with E-state index >= 15 is 0 Å². The minimum Gasteiger partial charge on any atom is -0.449 e. The molecule has 0 aromatic heterocycles. The molecule has 1 aliphatic rings. The molecule has 2 heteroatoms. The highest BCUT2D eigenvalue weighted by atomic mass is 16.6. The number of rotatable bonds is 0. The molecule has 1 rings (SSSR count). The monoisotopic (exact) mass is 138 g/mol. The van der Waals surface area contributed by atoms with Gasteiger partial charge in [-0.25, -0.2) is 0 Å². The second-order valence-corrected chi connectivity index (χ2v) is 3.20. The van der Waals surface area contributed by atoms with Gasteiger partial charge in [-0.05, 0) is 0 Å². The van der Waals surface area contributed by atoms with Gasteiger partial charge in [-0.3, -0.25) is 4.79 Å². The number of hydrogen-bond acceptors (Lipinski definition) is 2. The molecule has 1 fully saturated rings. The Balaban J connectivity index is 2.79. The van der Waals surface area contributed by atoms with Crippen LogP contribution in [0.15, 0.2) is 0 Å². The fourth-order valence-corrected chi connectivity index (χ4v) is 1.06. The van der Waals surface area contributed by atoms with E-state index < -0.39 is 0 Å². The molecule has 0 aromatic carbocycles. The largest absolute Gasteiger partial charge is 0.449 e. The average molecular weight is 138 g/mol. The number of esters is 1. The normalized spacial score (nSPS) is 29.3. The minimum absolute atomic E-state index is 0.175. The smallest absolute Gasteiger partial charge is 0.307 e. The van der Waals surface area contributed by atoms with Crippen molar-refractivity contribution < 1.29 is 9.53 Å². The van der Waals surface area contributed by atoms with E-state index in [0.29, 0.717) is 6.42 Å². The summed E-state index contributed by atoms with van der Waals surface area (Å²) in [5.74, 6) is 2.25. The first-order valence-corrected chi connectivity index (χ1v) is 3.22. The molecule has 0 amide bonds. The van der Waals surface area contributed by atoms with Crippen molar-refractivity contribution in [3.63, 3.8) is 0 Å². The lowest BCUT2D eigenvalue weighted by molar-refractivity contribution is -0.139. The Labute approximate surface area is 60.6 Å². The number of ether oxygens (including phenoxy) is 1.